The minimum atomic E-state index is -4.52. The molecule has 0 aliphatic rings. The Morgan fingerprint density at radius 2 is 1.25 bits per heavy atom. The molecule has 6 heteroatoms. The molecule has 0 unspecified atom stereocenters. The summed E-state index contributed by atoms with van der Waals surface area (Å²) < 4.78 is 48.8. The molecule has 148 valence electrons. The quantitative estimate of drug-likeness (QED) is 0.611. The summed E-state index contributed by atoms with van der Waals surface area (Å²) >= 11 is 0. The first-order valence-electron chi connectivity index (χ1n) is 8.71. The van der Waals surface area contributed by atoms with E-state index in [1.165, 1.54) is 11.1 Å². The average Bonchev–Trinajstić information content (AvgIpc) is 2.69. The van der Waals surface area contributed by atoms with Crippen molar-refractivity contribution in [2.75, 3.05) is 6.54 Å². The fraction of sp³-hybridized carbons (Fsp3) is 0.182. The predicted octanol–water partition coefficient (Wildman–Crippen LogP) is 5.08. The molecule has 0 aliphatic heterocycles. The van der Waals surface area contributed by atoms with Gasteiger partial charge < -0.3 is 11.5 Å². The number of hydrogen-bond acceptors (Lipinski definition) is 2. The van der Waals surface area contributed by atoms with E-state index in [0.717, 1.165) is 12.1 Å². The topological polar surface area (TPSA) is 52.0 Å². The lowest BCUT2D eigenvalue weighted by molar-refractivity contribution is -0.137. The summed E-state index contributed by atoms with van der Waals surface area (Å²) in [6.45, 7) is 0.537. The van der Waals surface area contributed by atoms with Gasteiger partial charge in [-0.05, 0) is 34.9 Å². The van der Waals surface area contributed by atoms with E-state index in [-0.39, 0.29) is 12.1 Å². The Morgan fingerprint density at radius 1 is 0.750 bits per heavy atom. The van der Waals surface area contributed by atoms with Crippen LogP contribution in [-0.2, 0) is 12.7 Å². The number of rotatable bonds is 4. The first kappa shape index (κ1) is 21.6. The van der Waals surface area contributed by atoms with Gasteiger partial charge in [-0.2, -0.15) is 13.2 Å². The van der Waals surface area contributed by atoms with Crippen LogP contribution in [0.5, 0.6) is 0 Å². The molecule has 0 fully saturated rings. The van der Waals surface area contributed by atoms with Crippen LogP contribution in [0.4, 0.5) is 17.6 Å². The molecule has 0 aromatic heterocycles. The standard InChI is InChI=1S/C14H15N.C8H7F4N/c15-11-14(12-7-3-1-4-8-12)13-9-5-2-6-10-13;9-7-2-5(4-13)1-6(3-7)8(10,11)12/h1-10,14H,11,15H2;1-3H,4,13H2. The molecule has 0 heterocycles. The summed E-state index contributed by atoms with van der Waals surface area (Å²) in [6.07, 6.45) is -4.52. The zero-order valence-electron chi connectivity index (χ0n) is 15.2. The van der Waals surface area contributed by atoms with Crippen LogP contribution in [0.2, 0.25) is 0 Å². The van der Waals surface area contributed by atoms with Crippen LogP contribution in [0.15, 0.2) is 78.9 Å². The minimum Gasteiger partial charge on any atom is -0.330 e. The van der Waals surface area contributed by atoms with Crippen molar-refractivity contribution in [3.63, 3.8) is 0 Å². The third kappa shape index (κ3) is 6.18. The third-order valence-corrected chi connectivity index (χ3v) is 4.16. The lowest BCUT2D eigenvalue weighted by Crippen LogP contribution is -2.13. The van der Waals surface area contributed by atoms with Crippen LogP contribution in [0.25, 0.3) is 0 Å². The van der Waals surface area contributed by atoms with Crippen LogP contribution in [0.3, 0.4) is 0 Å². The molecule has 3 rings (SSSR count). The highest BCUT2D eigenvalue weighted by atomic mass is 19.4. The molecule has 0 amide bonds. The maximum absolute atomic E-state index is 12.6. The molecular formula is C22H22F4N2. The van der Waals surface area contributed by atoms with Crippen molar-refractivity contribution in [2.24, 2.45) is 11.5 Å². The summed E-state index contributed by atoms with van der Waals surface area (Å²) in [5.41, 5.74) is 12.6. The lowest BCUT2D eigenvalue weighted by Gasteiger charge is -2.15. The average molecular weight is 390 g/mol. The zero-order chi connectivity index (χ0) is 20.6. The monoisotopic (exact) mass is 390 g/mol. The molecular weight excluding hydrogens is 368 g/mol. The van der Waals surface area contributed by atoms with Crippen LogP contribution < -0.4 is 11.5 Å². The highest BCUT2D eigenvalue weighted by Gasteiger charge is 2.31. The Hall–Kier alpha value is -2.70. The Labute approximate surface area is 161 Å². The van der Waals surface area contributed by atoms with E-state index >= 15 is 0 Å². The Bertz CT molecular complexity index is 810. The fourth-order valence-corrected chi connectivity index (χ4v) is 2.77. The smallest absolute Gasteiger partial charge is 0.330 e. The van der Waals surface area contributed by atoms with E-state index in [9.17, 15) is 17.6 Å². The van der Waals surface area contributed by atoms with Gasteiger partial charge in [0.1, 0.15) is 5.82 Å². The van der Waals surface area contributed by atoms with Gasteiger partial charge in [-0.1, -0.05) is 60.7 Å². The largest absolute Gasteiger partial charge is 0.416 e. The van der Waals surface area contributed by atoms with Gasteiger partial charge in [0, 0.05) is 19.0 Å². The van der Waals surface area contributed by atoms with Gasteiger partial charge in [0.25, 0.3) is 0 Å². The van der Waals surface area contributed by atoms with Gasteiger partial charge in [0.2, 0.25) is 0 Å². The minimum absolute atomic E-state index is 0.110. The molecule has 0 saturated heterocycles. The predicted molar refractivity (Wildman–Crippen MR) is 103 cm³/mol. The van der Waals surface area contributed by atoms with E-state index in [1.807, 2.05) is 12.1 Å². The molecule has 0 bridgehead atoms. The molecule has 2 nitrogen and oxygen atoms in total. The normalized spacial score (nSPS) is 11.1. The maximum Gasteiger partial charge on any atom is 0.416 e. The van der Waals surface area contributed by atoms with Crippen LogP contribution >= 0.6 is 0 Å². The van der Waals surface area contributed by atoms with Crippen LogP contribution in [-0.4, -0.2) is 6.54 Å². The first-order valence-corrected chi connectivity index (χ1v) is 8.71. The van der Waals surface area contributed by atoms with Crippen molar-refractivity contribution in [2.45, 2.75) is 18.6 Å². The van der Waals surface area contributed by atoms with Crippen molar-refractivity contribution in [3.05, 3.63) is 107 Å². The number of alkyl halides is 3. The maximum atomic E-state index is 12.6. The van der Waals surface area contributed by atoms with Crippen LogP contribution in [0, 0.1) is 5.82 Å². The fourth-order valence-electron chi connectivity index (χ4n) is 2.77. The number of hydrogen-bond donors (Lipinski definition) is 2. The number of nitrogens with two attached hydrogens (primary N) is 2. The number of benzene rings is 3. The highest BCUT2D eigenvalue weighted by Crippen LogP contribution is 2.30. The van der Waals surface area contributed by atoms with Gasteiger partial charge in [-0.15, -0.1) is 0 Å². The van der Waals surface area contributed by atoms with Gasteiger partial charge in [-0.25, -0.2) is 4.39 Å². The summed E-state index contributed by atoms with van der Waals surface area (Å²) in [5, 5.41) is 0. The summed E-state index contributed by atoms with van der Waals surface area (Å²) in [6, 6.07) is 23.1. The summed E-state index contributed by atoms with van der Waals surface area (Å²) in [5.74, 6) is -0.609. The Kier molecular flexibility index (Phi) is 7.72. The third-order valence-electron chi connectivity index (χ3n) is 4.16. The molecule has 0 saturated carbocycles. The van der Waals surface area contributed by atoms with Crippen LogP contribution in [0.1, 0.15) is 28.2 Å². The van der Waals surface area contributed by atoms with E-state index < -0.39 is 17.6 Å². The molecule has 0 spiro atoms. The van der Waals surface area contributed by atoms with Gasteiger partial charge in [-0.3, -0.25) is 0 Å². The van der Waals surface area contributed by atoms with Crippen molar-refractivity contribution in [3.8, 4) is 0 Å². The SMILES string of the molecule is NCC(c1ccccc1)c1ccccc1.NCc1cc(F)cc(C(F)(F)F)c1. The first-order chi connectivity index (χ1) is 13.3. The Balaban J connectivity index is 0.000000203. The Morgan fingerprint density at radius 3 is 1.64 bits per heavy atom. The van der Waals surface area contributed by atoms with E-state index in [0.29, 0.717) is 18.5 Å². The van der Waals surface area contributed by atoms with Crippen molar-refractivity contribution in [1.82, 2.24) is 0 Å². The van der Waals surface area contributed by atoms with E-state index in [4.69, 9.17) is 11.5 Å². The van der Waals surface area contributed by atoms with Gasteiger partial charge in [0.05, 0.1) is 5.56 Å². The molecule has 3 aromatic rings. The van der Waals surface area contributed by atoms with Crippen molar-refractivity contribution in [1.29, 1.82) is 0 Å². The molecule has 28 heavy (non-hydrogen) atoms. The van der Waals surface area contributed by atoms with Crippen molar-refractivity contribution >= 4 is 0 Å². The van der Waals surface area contributed by atoms with Gasteiger partial charge in [0.15, 0.2) is 0 Å². The zero-order valence-corrected chi connectivity index (χ0v) is 15.2. The molecule has 0 aliphatic carbocycles. The number of halogens is 4. The summed E-state index contributed by atoms with van der Waals surface area (Å²) in [4.78, 5) is 0. The highest BCUT2D eigenvalue weighted by molar-refractivity contribution is 5.32. The molecule has 3 aromatic carbocycles. The van der Waals surface area contributed by atoms with E-state index in [2.05, 4.69) is 48.5 Å². The summed E-state index contributed by atoms with van der Waals surface area (Å²) in [7, 11) is 0. The second kappa shape index (κ2) is 10.0. The van der Waals surface area contributed by atoms with Crippen molar-refractivity contribution < 1.29 is 17.6 Å². The molecule has 0 radical (unpaired) electrons. The van der Waals surface area contributed by atoms with Gasteiger partial charge >= 0.3 is 6.18 Å². The molecule has 0 atom stereocenters. The van der Waals surface area contributed by atoms with E-state index in [1.54, 1.807) is 0 Å². The second-order valence-corrected chi connectivity index (χ2v) is 6.16. The molecule has 4 N–H and O–H groups in total. The second-order valence-electron chi connectivity index (χ2n) is 6.16. The lowest BCUT2D eigenvalue weighted by atomic mass is 9.92.